The maximum absolute atomic E-state index is 12.7. The van der Waals surface area contributed by atoms with Crippen LogP contribution in [0.2, 0.25) is 0 Å². The van der Waals surface area contributed by atoms with Gasteiger partial charge in [0.1, 0.15) is 5.75 Å². The summed E-state index contributed by atoms with van der Waals surface area (Å²) in [6.07, 6.45) is 3.79. The van der Waals surface area contributed by atoms with Crippen molar-refractivity contribution in [3.05, 3.63) is 87.2 Å². The lowest BCUT2D eigenvalue weighted by atomic mass is 10.0. The molecule has 0 bridgehead atoms. The molecule has 0 saturated heterocycles. The summed E-state index contributed by atoms with van der Waals surface area (Å²) in [5.74, 6) is 0.211. The van der Waals surface area contributed by atoms with Gasteiger partial charge in [0.2, 0.25) is 0 Å². The van der Waals surface area contributed by atoms with Crippen LogP contribution in [0, 0.1) is 0 Å². The number of imidazole rings is 1. The highest BCUT2D eigenvalue weighted by Gasteiger charge is 2.41. The van der Waals surface area contributed by atoms with Gasteiger partial charge in [0.15, 0.2) is 12.3 Å². The number of H-pyrrole nitrogens is 2. The molecule has 0 aliphatic heterocycles. The zero-order valence-electron chi connectivity index (χ0n) is 18.4. The van der Waals surface area contributed by atoms with Crippen molar-refractivity contribution in [2.24, 2.45) is 0 Å². The first kappa shape index (κ1) is 22.0. The topological polar surface area (TPSA) is 118 Å². The van der Waals surface area contributed by atoms with E-state index in [9.17, 15) is 22.8 Å². The predicted octanol–water partition coefficient (Wildman–Crippen LogP) is 3.53. The Morgan fingerprint density at radius 2 is 2.00 bits per heavy atom. The molecular weight excluding hydrogens is 477 g/mol. The molecule has 0 amide bonds. The van der Waals surface area contributed by atoms with Crippen molar-refractivity contribution in [1.82, 2.24) is 29.5 Å². The molecule has 2 N–H and O–H groups in total. The van der Waals surface area contributed by atoms with Crippen molar-refractivity contribution in [2.45, 2.75) is 24.4 Å². The quantitative estimate of drug-likeness (QED) is 0.386. The summed E-state index contributed by atoms with van der Waals surface area (Å²) in [6, 6.07) is 7.37. The van der Waals surface area contributed by atoms with E-state index < -0.39 is 24.0 Å². The fourth-order valence-corrected chi connectivity index (χ4v) is 4.51. The largest absolute Gasteiger partial charge is 0.482 e. The third-order valence-corrected chi connectivity index (χ3v) is 6.24. The zero-order valence-corrected chi connectivity index (χ0v) is 18.4. The van der Waals surface area contributed by atoms with Gasteiger partial charge < -0.3 is 9.72 Å². The van der Waals surface area contributed by atoms with Crippen LogP contribution >= 0.6 is 0 Å². The van der Waals surface area contributed by atoms with Crippen molar-refractivity contribution in [2.75, 3.05) is 6.61 Å². The van der Waals surface area contributed by atoms with Crippen LogP contribution in [0.3, 0.4) is 0 Å². The Morgan fingerprint density at radius 1 is 1.14 bits per heavy atom. The van der Waals surface area contributed by atoms with Crippen LogP contribution in [0.1, 0.15) is 29.4 Å². The third-order valence-electron chi connectivity index (χ3n) is 6.24. The number of nitrogens with one attached hydrogen (secondary N) is 2. The number of pyridine rings is 1. The average molecular weight is 494 g/mol. The van der Waals surface area contributed by atoms with Crippen molar-refractivity contribution < 1.29 is 17.9 Å². The maximum atomic E-state index is 12.7. The molecule has 0 unspecified atom stereocenters. The van der Waals surface area contributed by atoms with Crippen LogP contribution in [0.25, 0.3) is 27.7 Å². The van der Waals surface area contributed by atoms with E-state index in [1.165, 1.54) is 12.4 Å². The van der Waals surface area contributed by atoms with E-state index in [1.54, 1.807) is 29.2 Å². The number of nitrogens with zero attached hydrogens (tertiary/aromatic N) is 4. The molecular formula is C24H17F3N6O3. The van der Waals surface area contributed by atoms with Crippen LogP contribution in [0.5, 0.6) is 5.75 Å². The lowest BCUT2D eigenvalue weighted by molar-refractivity contribution is -0.153. The molecule has 5 aromatic rings. The number of aromatic amines is 2. The molecule has 2 atom stereocenters. The normalized spacial score (nSPS) is 17.5. The standard InChI is InChI=1S/C24H17F3N6O3/c25-24(26,27)11-36-20-10-28-8-13-2-1-12(5-15(13)20)14-6-16(14)17-7-19(32-33-4-3-29-21(17)33)18-9-30-23(35)31-22(18)34/h1-5,7-10,14,16H,6,11H2,(H2,30,31,34,35)/t14-,16+/m1/s1. The molecule has 9 nitrogen and oxygen atoms in total. The number of ether oxygens (including phenoxy) is 1. The number of alkyl halides is 3. The molecule has 182 valence electrons. The van der Waals surface area contributed by atoms with Crippen LogP contribution in [0.4, 0.5) is 13.2 Å². The third kappa shape index (κ3) is 4.00. The number of aromatic nitrogens is 6. The van der Waals surface area contributed by atoms with Gasteiger partial charge in [-0.2, -0.15) is 18.3 Å². The lowest BCUT2D eigenvalue weighted by Crippen LogP contribution is -2.23. The Bertz CT molecular complexity index is 1740. The summed E-state index contributed by atoms with van der Waals surface area (Å²) in [7, 11) is 0. The van der Waals surface area contributed by atoms with Gasteiger partial charge in [-0.25, -0.2) is 14.3 Å². The Kier molecular flexibility index (Phi) is 4.92. The molecule has 4 aromatic heterocycles. The smallest absolute Gasteiger partial charge is 0.422 e. The van der Waals surface area contributed by atoms with Gasteiger partial charge in [0, 0.05) is 41.1 Å². The number of halogens is 3. The van der Waals surface area contributed by atoms with Crippen molar-refractivity contribution in [3.8, 4) is 17.0 Å². The SMILES string of the molecule is O=c1[nH]cc(-c2cc([C@H]3C[C@@H]3c3ccc4cncc(OCC(F)(F)F)c4c3)c3nccn3n2)c(=O)[nH]1. The van der Waals surface area contributed by atoms with Crippen LogP contribution in [-0.2, 0) is 0 Å². The molecule has 36 heavy (non-hydrogen) atoms. The van der Waals surface area contributed by atoms with E-state index in [0.29, 0.717) is 22.1 Å². The van der Waals surface area contributed by atoms with Gasteiger partial charge in [-0.15, -0.1) is 0 Å². The second kappa shape index (κ2) is 8.04. The summed E-state index contributed by atoms with van der Waals surface area (Å²) < 4.78 is 44.7. The van der Waals surface area contributed by atoms with E-state index in [2.05, 4.69) is 25.0 Å². The second-order valence-electron chi connectivity index (χ2n) is 8.64. The minimum atomic E-state index is -4.45. The molecule has 4 heterocycles. The van der Waals surface area contributed by atoms with Gasteiger partial charge in [-0.05, 0) is 36.0 Å². The predicted molar refractivity (Wildman–Crippen MR) is 123 cm³/mol. The highest BCUT2D eigenvalue weighted by atomic mass is 19.4. The minimum absolute atomic E-state index is 0.0531. The van der Waals surface area contributed by atoms with E-state index >= 15 is 0 Å². The lowest BCUT2D eigenvalue weighted by Gasteiger charge is -2.12. The summed E-state index contributed by atoms with van der Waals surface area (Å²) in [5.41, 5.74) is 1.90. The maximum Gasteiger partial charge on any atom is 0.422 e. The molecule has 1 fully saturated rings. The molecule has 0 spiro atoms. The first-order chi connectivity index (χ1) is 17.3. The van der Waals surface area contributed by atoms with Crippen molar-refractivity contribution >= 4 is 16.4 Å². The first-order valence-electron chi connectivity index (χ1n) is 11.0. The van der Waals surface area contributed by atoms with E-state index in [0.717, 1.165) is 17.5 Å². The van der Waals surface area contributed by atoms with E-state index in [4.69, 9.17) is 4.74 Å². The first-order valence-corrected chi connectivity index (χ1v) is 11.0. The van der Waals surface area contributed by atoms with Crippen LogP contribution in [-0.4, -0.2) is 42.3 Å². The summed E-state index contributed by atoms with van der Waals surface area (Å²) >= 11 is 0. The Balaban J connectivity index is 1.37. The van der Waals surface area contributed by atoms with Gasteiger partial charge in [0.05, 0.1) is 17.5 Å². The number of benzene rings is 1. The summed E-state index contributed by atoms with van der Waals surface area (Å²) in [5, 5.41) is 5.68. The molecule has 1 saturated carbocycles. The number of hydrogen-bond donors (Lipinski definition) is 2. The molecule has 6 rings (SSSR count). The fourth-order valence-electron chi connectivity index (χ4n) is 4.51. The zero-order chi connectivity index (χ0) is 25.0. The Morgan fingerprint density at radius 3 is 2.81 bits per heavy atom. The number of fused-ring (bicyclic) bond motifs is 2. The summed E-state index contributed by atoms with van der Waals surface area (Å²) in [6.45, 7) is -1.40. The second-order valence-corrected chi connectivity index (χ2v) is 8.64. The molecule has 1 aliphatic carbocycles. The Labute approximate surface area is 199 Å². The average Bonchev–Trinajstić information content (AvgIpc) is 3.49. The highest BCUT2D eigenvalue weighted by Crippen LogP contribution is 2.56. The van der Waals surface area contributed by atoms with Crippen LogP contribution < -0.4 is 16.0 Å². The van der Waals surface area contributed by atoms with Gasteiger partial charge >= 0.3 is 11.9 Å². The van der Waals surface area contributed by atoms with Crippen LogP contribution in [0.15, 0.2) is 64.8 Å². The van der Waals surface area contributed by atoms with Crippen molar-refractivity contribution in [3.63, 3.8) is 0 Å². The van der Waals surface area contributed by atoms with E-state index in [1.807, 2.05) is 18.2 Å². The van der Waals surface area contributed by atoms with E-state index in [-0.39, 0.29) is 23.1 Å². The number of rotatable bonds is 5. The van der Waals surface area contributed by atoms with Crippen molar-refractivity contribution in [1.29, 1.82) is 0 Å². The van der Waals surface area contributed by atoms with Gasteiger partial charge in [0.25, 0.3) is 5.56 Å². The summed E-state index contributed by atoms with van der Waals surface area (Å²) in [4.78, 5) is 36.8. The van der Waals surface area contributed by atoms with Gasteiger partial charge in [-0.1, -0.05) is 12.1 Å². The Hall–Kier alpha value is -4.48. The fraction of sp³-hybridized carbons (Fsp3) is 0.208. The number of hydrogen-bond acceptors (Lipinski definition) is 6. The van der Waals surface area contributed by atoms with Gasteiger partial charge in [-0.3, -0.25) is 14.8 Å². The molecule has 12 heteroatoms. The highest BCUT2D eigenvalue weighted by molar-refractivity contribution is 5.88. The molecule has 1 aliphatic rings. The molecule has 1 aromatic carbocycles. The molecule has 0 radical (unpaired) electrons. The minimum Gasteiger partial charge on any atom is -0.482 e. The monoisotopic (exact) mass is 494 g/mol.